The Labute approximate surface area is 116 Å². The average Bonchev–Trinajstić information content (AvgIpc) is 2.25. The van der Waals surface area contributed by atoms with Crippen LogP contribution in [0.4, 0.5) is 0 Å². The lowest BCUT2D eigenvalue weighted by Crippen LogP contribution is -2.45. The molecule has 1 aliphatic carbocycles. The average molecular weight is 312 g/mol. The van der Waals surface area contributed by atoms with E-state index in [2.05, 4.69) is 15.9 Å². The standard InChI is InChI=1S/C14H18BrNO2/c1-10-5-6-12(13(15)9-10)14(18)16(7-8-17)11-3-2-4-11/h5-6,9,11,17H,2-4,7-8H2,1H3. The van der Waals surface area contributed by atoms with Crippen molar-refractivity contribution >= 4 is 21.8 Å². The highest BCUT2D eigenvalue weighted by atomic mass is 79.9. The smallest absolute Gasteiger partial charge is 0.255 e. The monoisotopic (exact) mass is 311 g/mol. The predicted molar refractivity (Wildman–Crippen MR) is 74.6 cm³/mol. The van der Waals surface area contributed by atoms with Gasteiger partial charge in [0.2, 0.25) is 0 Å². The summed E-state index contributed by atoms with van der Waals surface area (Å²) in [7, 11) is 0. The van der Waals surface area contributed by atoms with Crippen molar-refractivity contribution in [1.82, 2.24) is 4.90 Å². The molecule has 4 heteroatoms. The molecule has 0 radical (unpaired) electrons. The summed E-state index contributed by atoms with van der Waals surface area (Å²) >= 11 is 3.45. The second-order valence-electron chi connectivity index (χ2n) is 4.79. The Hall–Kier alpha value is -0.870. The fourth-order valence-corrected chi connectivity index (χ4v) is 2.87. The minimum atomic E-state index is 0.0145. The van der Waals surface area contributed by atoms with E-state index in [0.29, 0.717) is 18.2 Å². The third kappa shape index (κ3) is 2.75. The van der Waals surface area contributed by atoms with Gasteiger partial charge in [-0.05, 0) is 59.8 Å². The first-order valence-electron chi connectivity index (χ1n) is 6.31. The van der Waals surface area contributed by atoms with Crippen molar-refractivity contribution in [1.29, 1.82) is 0 Å². The summed E-state index contributed by atoms with van der Waals surface area (Å²) in [5, 5.41) is 9.11. The van der Waals surface area contributed by atoms with Crippen LogP contribution in [0.2, 0.25) is 0 Å². The number of hydrogen-bond acceptors (Lipinski definition) is 2. The Kier molecular flexibility index (Phi) is 4.40. The molecule has 1 aromatic rings. The SMILES string of the molecule is Cc1ccc(C(=O)N(CCO)C2CCC2)c(Br)c1. The van der Waals surface area contributed by atoms with Gasteiger partial charge in [-0.15, -0.1) is 0 Å². The van der Waals surface area contributed by atoms with Gasteiger partial charge in [-0.1, -0.05) is 6.07 Å². The highest BCUT2D eigenvalue weighted by molar-refractivity contribution is 9.10. The quantitative estimate of drug-likeness (QED) is 0.929. The molecule has 0 heterocycles. The van der Waals surface area contributed by atoms with Gasteiger partial charge in [0.25, 0.3) is 5.91 Å². The molecule has 1 aliphatic rings. The Balaban J connectivity index is 2.21. The highest BCUT2D eigenvalue weighted by Gasteiger charge is 2.29. The summed E-state index contributed by atoms with van der Waals surface area (Å²) < 4.78 is 0.828. The zero-order valence-corrected chi connectivity index (χ0v) is 12.1. The first kappa shape index (κ1) is 13.6. The van der Waals surface area contributed by atoms with Crippen molar-refractivity contribution in [2.45, 2.75) is 32.2 Å². The number of aliphatic hydroxyl groups is 1. The van der Waals surface area contributed by atoms with Crippen molar-refractivity contribution in [3.8, 4) is 0 Å². The molecule has 0 aromatic heterocycles. The maximum absolute atomic E-state index is 12.5. The van der Waals surface area contributed by atoms with E-state index in [0.717, 1.165) is 22.9 Å². The lowest BCUT2D eigenvalue weighted by Gasteiger charge is -2.37. The van der Waals surface area contributed by atoms with Crippen molar-refractivity contribution in [3.05, 3.63) is 33.8 Å². The molecule has 1 N–H and O–H groups in total. The molecule has 1 aromatic carbocycles. The van der Waals surface area contributed by atoms with Crippen molar-refractivity contribution in [2.24, 2.45) is 0 Å². The number of hydrogen-bond donors (Lipinski definition) is 1. The summed E-state index contributed by atoms with van der Waals surface area (Å²) in [5.74, 6) is 0.0145. The number of aryl methyl sites for hydroxylation is 1. The molecule has 0 aliphatic heterocycles. The molecule has 98 valence electrons. The van der Waals surface area contributed by atoms with Crippen LogP contribution in [0.1, 0.15) is 35.2 Å². The van der Waals surface area contributed by atoms with E-state index in [1.54, 1.807) is 4.90 Å². The molecule has 0 atom stereocenters. The van der Waals surface area contributed by atoms with Crippen molar-refractivity contribution in [3.63, 3.8) is 0 Å². The molecule has 0 bridgehead atoms. The van der Waals surface area contributed by atoms with Gasteiger partial charge in [-0.25, -0.2) is 0 Å². The normalized spacial score (nSPS) is 15.3. The third-order valence-electron chi connectivity index (χ3n) is 3.47. The number of carbonyl (C=O) groups is 1. The van der Waals surface area contributed by atoms with Crippen LogP contribution < -0.4 is 0 Å². The number of amides is 1. The maximum atomic E-state index is 12.5. The fraction of sp³-hybridized carbons (Fsp3) is 0.500. The second-order valence-corrected chi connectivity index (χ2v) is 5.64. The molecule has 0 saturated heterocycles. The molecule has 0 spiro atoms. The molecule has 3 nitrogen and oxygen atoms in total. The second kappa shape index (κ2) is 5.85. The molecule has 1 amide bonds. The van der Waals surface area contributed by atoms with Gasteiger partial charge >= 0.3 is 0 Å². The van der Waals surface area contributed by atoms with Gasteiger partial charge in [-0.2, -0.15) is 0 Å². The summed E-state index contributed by atoms with van der Waals surface area (Å²) in [6.07, 6.45) is 3.28. The van der Waals surface area contributed by atoms with Crippen LogP contribution in [0.5, 0.6) is 0 Å². The molecule has 18 heavy (non-hydrogen) atoms. The predicted octanol–water partition coefficient (Wildman–Crippen LogP) is 2.74. The van der Waals surface area contributed by atoms with E-state index in [1.807, 2.05) is 25.1 Å². The van der Waals surface area contributed by atoms with Crippen LogP contribution in [0.15, 0.2) is 22.7 Å². The Morgan fingerprint density at radius 3 is 2.72 bits per heavy atom. The van der Waals surface area contributed by atoms with Crippen molar-refractivity contribution < 1.29 is 9.90 Å². The lowest BCUT2D eigenvalue weighted by molar-refractivity contribution is 0.0525. The zero-order chi connectivity index (χ0) is 13.1. The summed E-state index contributed by atoms with van der Waals surface area (Å²) in [6.45, 7) is 2.44. The van der Waals surface area contributed by atoms with Gasteiger partial charge in [0.1, 0.15) is 0 Å². The van der Waals surface area contributed by atoms with Crippen LogP contribution in [0.3, 0.4) is 0 Å². The number of nitrogens with zero attached hydrogens (tertiary/aromatic N) is 1. The number of carbonyl (C=O) groups excluding carboxylic acids is 1. The number of halogens is 1. The molecule has 2 rings (SSSR count). The Morgan fingerprint density at radius 1 is 1.50 bits per heavy atom. The van der Waals surface area contributed by atoms with E-state index in [1.165, 1.54) is 6.42 Å². The molecular formula is C14H18BrNO2. The minimum Gasteiger partial charge on any atom is -0.395 e. The van der Waals surface area contributed by atoms with E-state index < -0.39 is 0 Å². The molecular weight excluding hydrogens is 294 g/mol. The van der Waals surface area contributed by atoms with Gasteiger partial charge in [-0.3, -0.25) is 4.79 Å². The van der Waals surface area contributed by atoms with E-state index >= 15 is 0 Å². The largest absolute Gasteiger partial charge is 0.395 e. The van der Waals surface area contributed by atoms with Gasteiger partial charge < -0.3 is 10.0 Å². The first-order chi connectivity index (χ1) is 8.63. The van der Waals surface area contributed by atoms with Gasteiger partial charge in [0.05, 0.1) is 12.2 Å². The maximum Gasteiger partial charge on any atom is 0.255 e. The summed E-state index contributed by atoms with van der Waals surface area (Å²) in [5.41, 5.74) is 1.80. The van der Waals surface area contributed by atoms with Crippen LogP contribution >= 0.6 is 15.9 Å². The topological polar surface area (TPSA) is 40.5 Å². The molecule has 0 unspecified atom stereocenters. The zero-order valence-electron chi connectivity index (χ0n) is 10.5. The first-order valence-corrected chi connectivity index (χ1v) is 7.10. The lowest BCUT2D eigenvalue weighted by atomic mass is 9.91. The molecule has 1 saturated carbocycles. The Bertz CT molecular complexity index is 443. The van der Waals surface area contributed by atoms with Gasteiger partial charge in [0.15, 0.2) is 0 Å². The number of benzene rings is 1. The van der Waals surface area contributed by atoms with Crippen molar-refractivity contribution in [2.75, 3.05) is 13.2 Å². The van der Waals surface area contributed by atoms with Crippen LogP contribution in [-0.2, 0) is 0 Å². The molecule has 1 fully saturated rings. The third-order valence-corrected chi connectivity index (χ3v) is 4.13. The fourth-order valence-electron chi connectivity index (χ4n) is 2.20. The summed E-state index contributed by atoms with van der Waals surface area (Å²) in [6, 6.07) is 6.05. The Morgan fingerprint density at radius 2 is 2.22 bits per heavy atom. The van der Waals surface area contributed by atoms with E-state index in [4.69, 9.17) is 5.11 Å². The highest BCUT2D eigenvalue weighted by Crippen LogP contribution is 2.28. The van der Waals surface area contributed by atoms with Crippen LogP contribution in [-0.4, -0.2) is 35.1 Å². The number of aliphatic hydroxyl groups excluding tert-OH is 1. The van der Waals surface area contributed by atoms with E-state index in [9.17, 15) is 4.79 Å². The van der Waals surface area contributed by atoms with Crippen LogP contribution in [0, 0.1) is 6.92 Å². The minimum absolute atomic E-state index is 0.0145. The van der Waals surface area contributed by atoms with Crippen LogP contribution in [0.25, 0.3) is 0 Å². The summed E-state index contributed by atoms with van der Waals surface area (Å²) in [4.78, 5) is 14.3. The van der Waals surface area contributed by atoms with E-state index in [-0.39, 0.29) is 12.5 Å². The van der Waals surface area contributed by atoms with Gasteiger partial charge in [0, 0.05) is 17.1 Å². The number of rotatable bonds is 4.